The SMILES string of the molecule is CC(C)(N)CNCc1ccc(OC(F)(F)F)cc1. The molecule has 1 rings (SSSR count). The summed E-state index contributed by atoms with van der Waals surface area (Å²) in [7, 11) is 0. The second-order valence-corrected chi connectivity index (χ2v) is 4.78. The molecule has 1 aromatic carbocycles. The minimum absolute atomic E-state index is 0.217. The molecule has 0 aliphatic heterocycles. The van der Waals surface area contributed by atoms with E-state index < -0.39 is 6.36 Å². The molecule has 0 heterocycles. The molecule has 0 aromatic heterocycles. The lowest BCUT2D eigenvalue weighted by Crippen LogP contribution is -2.42. The Morgan fingerprint density at radius 3 is 2.17 bits per heavy atom. The first-order valence-corrected chi connectivity index (χ1v) is 5.50. The lowest BCUT2D eigenvalue weighted by Gasteiger charge is -2.19. The van der Waals surface area contributed by atoms with Crippen LogP contribution in [-0.4, -0.2) is 18.4 Å². The van der Waals surface area contributed by atoms with Gasteiger partial charge in [0, 0.05) is 18.6 Å². The predicted molar refractivity (Wildman–Crippen MR) is 63.1 cm³/mol. The number of hydrogen-bond donors (Lipinski definition) is 2. The summed E-state index contributed by atoms with van der Waals surface area (Å²) in [6.45, 7) is 4.95. The molecule has 0 aliphatic carbocycles. The van der Waals surface area contributed by atoms with Crippen LogP contribution in [-0.2, 0) is 6.54 Å². The largest absolute Gasteiger partial charge is 0.573 e. The number of rotatable bonds is 5. The number of nitrogens with one attached hydrogen (secondary N) is 1. The minimum atomic E-state index is -4.65. The molecule has 0 spiro atoms. The summed E-state index contributed by atoms with van der Waals surface area (Å²) in [5.41, 5.74) is 6.33. The molecule has 0 aliphatic rings. The van der Waals surface area contributed by atoms with Gasteiger partial charge in [-0.1, -0.05) is 12.1 Å². The van der Waals surface area contributed by atoms with Gasteiger partial charge in [0.15, 0.2) is 0 Å². The zero-order valence-corrected chi connectivity index (χ0v) is 10.3. The van der Waals surface area contributed by atoms with E-state index in [1.807, 2.05) is 13.8 Å². The minimum Gasteiger partial charge on any atom is -0.406 e. The van der Waals surface area contributed by atoms with Crippen molar-refractivity contribution in [3.8, 4) is 5.75 Å². The highest BCUT2D eigenvalue weighted by atomic mass is 19.4. The van der Waals surface area contributed by atoms with Gasteiger partial charge in [-0.15, -0.1) is 13.2 Å². The Labute approximate surface area is 104 Å². The Morgan fingerprint density at radius 2 is 1.72 bits per heavy atom. The van der Waals surface area contributed by atoms with Crippen molar-refractivity contribution >= 4 is 0 Å². The van der Waals surface area contributed by atoms with Crippen LogP contribution in [0.4, 0.5) is 13.2 Å². The van der Waals surface area contributed by atoms with Gasteiger partial charge in [-0.05, 0) is 31.5 Å². The maximum absolute atomic E-state index is 11.9. The van der Waals surface area contributed by atoms with E-state index in [-0.39, 0.29) is 11.3 Å². The van der Waals surface area contributed by atoms with Crippen molar-refractivity contribution in [2.24, 2.45) is 5.73 Å². The van der Waals surface area contributed by atoms with Crippen molar-refractivity contribution in [2.45, 2.75) is 32.3 Å². The van der Waals surface area contributed by atoms with Crippen LogP contribution in [0.25, 0.3) is 0 Å². The third-order valence-electron chi connectivity index (χ3n) is 2.07. The number of halogens is 3. The summed E-state index contributed by atoms with van der Waals surface area (Å²) in [6, 6.07) is 5.74. The zero-order chi connectivity index (χ0) is 13.8. The van der Waals surface area contributed by atoms with Crippen molar-refractivity contribution in [2.75, 3.05) is 6.54 Å². The molecule has 6 heteroatoms. The van der Waals surface area contributed by atoms with E-state index in [0.717, 1.165) is 5.56 Å². The van der Waals surface area contributed by atoms with Crippen LogP contribution in [0.1, 0.15) is 19.4 Å². The van der Waals surface area contributed by atoms with E-state index in [4.69, 9.17) is 5.73 Å². The summed E-state index contributed by atoms with van der Waals surface area (Å²) < 4.78 is 39.6. The van der Waals surface area contributed by atoms with Gasteiger partial charge in [0.1, 0.15) is 5.75 Å². The van der Waals surface area contributed by atoms with Gasteiger partial charge in [0.05, 0.1) is 0 Å². The molecule has 0 amide bonds. The van der Waals surface area contributed by atoms with Gasteiger partial charge in [-0.2, -0.15) is 0 Å². The average Bonchev–Trinajstić information content (AvgIpc) is 2.16. The Kier molecular flexibility index (Phi) is 4.59. The maximum Gasteiger partial charge on any atom is 0.573 e. The Balaban J connectivity index is 2.46. The van der Waals surface area contributed by atoms with E-state index in [1.54, 1.807) is 12.1 Å². The summed E-state index contributed by atoms with van der Waals surface area (Å²) in [5.74, 6) is -0.217. The van der Waals surface area contributed by atoms with Gasteiger partial charge in [-0.3, -0.25) is 0 Å². The van der Waals surface area contributed by atoms with Crippen LogP contribution in [0.3, 0.4) is 0 Å². The number of alkyl halides is 3. The van der Waals surface area contributed by atoms with E-state index in [2.05, 4.69) is 10.1 Å². The molecule has 0 saturated heterocycles. The van der Waals surface area contributed by atoms with Crippen LogP contribution in [0.15, 0.2) is 24.3 Å². The molecule has 0 saturated carbocycles. The molecule has 102 valence electrons. The lowest BCUT2D eigenvalue weighted by atomic mass is 10.1. The van der Waals surface area contributed by atoms with Crippen molar-refractivity contribution in [1.29, 1.82) is 0 Å². The Bertz CT molecular complexity index is 368. The van der Waals surface area contributed by atoms with E-state index in [9.17, 15) is 13.2 Å². The van der Waals surface area contributed by atoms with Crippen LogP contribution >= 0.6 is 0 Å². The monoisotopic (exact) mass is 262 g/mol. The molecule has 0 unspecified atom stereocenters. The van der Waals surface area contributed by atoms with E-state index in [1.165, 1.54) is 12.1 Å². The lowest BCUT2D eigenvalue weighted by molar-refractivity contribution is -0.274. The second-order valence-electron chi connectivity index (χ2n) is 4.78. The van der Waals surface area contributed by atoms with Gasteiger partial charge in [-0.25, -0.2) is 0 Å². The summed E-state index contributed by atoms with van der Waals surface area (Å²) in [6.07, 6.45) is -4.65. The highest BCUT2D eigenvalue weighted by Gasteiger charge is 2.30. The summed E-state index contributed by atoms with van der Waals surface area (Å²) >= 11 is 0. The van der Waals surface area contributed by atoms with Crippen LogP contribution < -0.4 is 15.8 Å². The van der Waals surface area contributed by atoms with Crippen LogP contribution in [0.5, 0.6) is 5.75 Å². The molecule has 18 heavy (non-hydrogen) atoms. The fourth-order valence-electron chi connectivity index (χ4n) is 1.34. The van der Waals surface area contributed by atoms with E-state index >= 15 is 0 Å². The quantitative estimate of drug-likeness (QED) is 0.856. The number of ether oxygens (including phenoxy) is 1. The van der Waals surface area contributed by atoms with Crippen molar-refractivity contribution < 1.29 is 17.9 Å². The van der Waals surface area contributed by atoms with Gasteiger partial charge >= 0.3 is 6.36 Å². The highest BCUT2D eigenvalue weighted by molar-refractivity contribution is 5.27. The fraction of sp³-hybridized carbons (Fsp3) is 0.500. The topological polar surface area (TPSA) is 47.3 Å². The first kappa shape index (κ1) is 14.8. The third-order valence-corrected chi connectivity index (χ3v) is 2.07. The number of hydrogen-bond acceptors (Lipinski definition) is 3. The average molecular weight is 262 g/mol. The molecule has 3 N–H and O–H groups in total. The molecular formula is C12H17F3N2O. The molecule has 3 nitrogen and oxygen atoms in total. The maximum atomic E-state index is 11.9. The Morgan fingerprint density at radius 1 is 1.17 bits per heavy atom. The molecule has 0 atom stereocenters. The Hall–Kier alpha value is -1.27. The van der Waals surface area contributed by atoms with Crippen molar-refractivity contribution in [3.05, 3.63) is 29.8 Å². The van der Waals surface area contributed by atoms with Gasteiger partial charge in [0.2, 0.25) is 0 Å². The van der Waals surface area contributed by atoms with E-state index in [0.29, 0.717) is 13.1 Å². The molecular weight excluding hydrogens is 245 g/mol. The summed E-state index contributed by atoms with van der Waals surface area (Å²) in [5, 5.41) is 3.12. The second kappa shape index (κ2) is 5.58. The highest BCUT2D eigenvalue weighted by Crippen LogP contribution is 2.22. The molecule has 1 aromatic rings. The third kappa shape index (κ3) is 6.46. The smallest absolute Gasteiger partial charge is 0.406 e. The van der Waals surface area contributed by atoms with Gasteiger partial charge < -0.3 is 15.8 Å². The van der Waals surface area contributed by atoms with Crippen molar-refractivity contribution in [1.82, 2.24) is 5.32 Å². The number of benzene rings is 1. The standard InChI is InChI=1S/C12H17F3N2O/c1-11(2,16)8-17-7-9-3-5-10(6-4-9)18-12(13,14)15/h3-6,17H,7-8,16H2,1-2H3. The zero-order valence-electron chi connectivity index (χ0n) is 10.3. The first-order chi connectivity index (χ1) is 8.16. The first-order valence-electron chi connectivity index (χ1n) is 5.50. The molecule has 0 bridgehead atoms. The molecule has 0 fully saturated rings. The normalized spacial score (nSPS) is 12.6. The van der Waals surface area contributed by atoms with Crippen LogP contribution in [0, 0.1) is 0 Å². The van der Waals surface area contributed by atoms with Crippen molar-refractivity contribution in [3.63, 3.8) is 0 Å². The summed E-state index contributed by atoms with van der Waals surface area (Å²) in [4.78, 5) is 0. The van der Waals surface area contributed by atoms with Crippen LogP contribution in [0.2, 0.25) is 0 Å². The number of nitrogens with two attached hydrogens (primary N) is 1. The fourth-order valence-corrected chi connectivity index (χ4v) is 1.34. The molecule has 0 radical (unpaired) electrons. The van der Waals surface area contributed by atoms with Gasteiger partial charge in [0.25, 0.3) is 0 Å². The predicted octanol–water partition coefficient (Wildman–Crippen LogP) is 2.41.